The van der Waals surface area contributed by atoms with Gasteiger partial charge in [-0.1, -0.05) is 0 Å². The normalized spacial score (nSPS) is 10.3. The van der Waals surface area contributed by atoms with Crippen molar-refractivity contribution in [1.82, 2.24) is 25.3 Å². The Labute approximate surface area is 81.6 Å². The van der Waals surface area contributed by atoms with Crippen molar-refractivity contribution in [3.63, 3.8) is 0 Å². The SMILES string of the molecule is c1ncc(CNCc2cnc[nH]2)cn1. The van der Waals surface area contributed by atoms with E-state index in [1.54, 1.807) is 24.9 Å². The maximum absolute atomic E-state index is 3.93. The van der Waals surface area contributed by atoms with Crippen molar-refractivity contribution in [3.05, 3.63) is 42.5 Å². The van der Waals surface area contributed by atoms with Crippen LogP contribution in [0.2, 0.25) is 0 Å². The summed E-state index contributed by atoms with van der Waals surface area (Å²) in [6, 6.07) is 0. The summed E-state index contributed by atoms with van der Waals surface area (Å²) in [7, 11) is 0. The van der Waals surface area contributed by atoms with Crippen molar-refractivity contribution in [2.75, 3.05) is 0 Å². The van der Waals surface area contributed by atoms with Gasteiger partial charge in [0, 0.05) is 42.9 Å². The number of H-pyrrole nitrogens is 1. The second-order valence-corrected chi connectivity index (χ2v) is 2.93. The van der Waals surface area contributed by atoms with Crippen molar-refractivity contribution >= 4 is 0 Å². The summed E-state index contributed by atoms with van der Waals surface area (Å²) in [5.74, 6) is 0. The van der Waals surface area contributed by atoms with Gasteiger partial charge >= 0.3 is 0 Å². The van der Waals surface area contributed by atoms with E-state index >= 15 is 0 Å². The molecule has 2 rings (SSSR count). The second-order valence-electron chi connectivity index (χ2n) is 2.93. The van der Waals surface area contributed by atoms with E-state index < -0.39 is 0 Å². The maximum Gasteiger partial charge on any atom is 0.115 e. The highest BCUT2D eigenvalue weighted by atomic mass is 14.9. The molecule has 2 heterocycles. The molecule has 0 atom stereocenters. The van der Waals surface area contributed by atoms with Crippen LogP contribution in [0.3, 0.4) is 0 Å². The highest BCUT2D eigenvalue weighted by molar-refractivity contribution is 5.02. The van der Waals surface area contributed by atoms with Crippen LogP contribution in [0.5, 0.6) is 0 Å². The molecule has 72 valence electrons. The summed E-state index contributed by atoms with van der Waals surface area (Å²) in [6.07, 6.45) is 8.59. The van der Waals surface area contributed by atoms with Gasteiger partial charge in [-0.3, -0.25) is 0 Å². The molecule has 0 radical (unpaired) electrons. The van der Waals surface area contributed by atoms with E-state index in [0.29, 0.717) is 0 Å². The van der Waals surface area contributed by atoms with Crippen LogP contribution in [0.15, 0.2) is 31.2 Å². The Morgan fingerprint density at radius 1 is 1.07 bits per heavy atom. The third-order valence-corrected chi connectivity index (χ3v) is 1.81. The highest BCUT2D eigenvalue weighted by Gasteiger charge is 1.94. The van der Waals surface area contributed by atoms with Gasteiger partial charge in [0.2, 0.25) is 0 Å². The molecule has 0 saturated carbocycles. The average Bonchev–Trinajstić information content (AvgIpc) is 2.72. The van der Waals surface area contributed by atoms with Crippen LogP contribution in [-0.4, -0.2) is 19.9 Å². The van der Waals surface area contributed by atoms with Crippen molar-refractivity contribution in [2.45, 2.75) is 13.1 Å². The second kappa shape index (κ2) is 4.48. The lowest BCUT2D eigenvalue weighted by Gasteiger charge is -2.01. The zero-order valence-corrected chi connectivity index (χ0v) is 7.64. The van der Waals surface area contributed by atoms with E-state index in [2.05, 4.69) is 25.3 Å². The Kier molecular flexibility index (Phi) is 2.82. The average molecular weight is 189 g/mol. The number of nitrogens with one attached hydrogen (secondary N) is 2. The van der Waals surface area contributed by atoms with Gasteiger partial charge in [-0.15, -0.1) is 0 Å². The summed E-state index contributed by atoms with van der Waals surface area (Å²) >= 11 is 0. The van der Waals surface area contributed by atoms with Crippen molar-refractivity contribution in [3.8, 4) is 0 Å². The fourth-order valence-electron chi connectivity index (χ4n) is 1.14. The first-order valence-corrected chi connectivity index (χ1v) is 4.37. The van der Waals surface area contributed by atoms with E-state index in [0.717, 1.165) is 24.3 Å². The van der Waals surface area contributed by atoms with Gasteiger partial charge in [0.1, 0.15) is 6.33 Å². The number of hydrogen-bond acceptors (Lipinski definition) is 4. The molecule has 0 amide bonds. The van der Waals surface area contributed by atoms with Crippen LogP contribution in [0.1, 0.15) is 11.3 Å². The van der Waals surface area contributed by atoms with Crippen LogP contribution < -0.4 is 5.32 Å². The van der Waals surface area contributed by atoms with E-state index in [9.17, 15) is 0 Å². The van der Waals surface area contributed by atoms with Crippen LogP contribution in [0.25, 0.3) is 0 Å². The van der Waals surface area contributed by atoms with Crippen LogP contribution in [0, 0.1) is 0 Å². The number of nitrogens with zero attached hydrogens (tertiary/aromatic N) is 3. The number of hydrogen-bond donors (Lipinski definition) is 2. The molecule has 0 saturated heterocycles. The maximum atomic E-state index is 3.93. The van der Waals surface area contributed by atoms with E-state index in [1.165, 1.54) is 6.33 Å². The molecule has 14 heavy (non-hydrogen) atoms. The minimum absolute atomic E-state index is 0.764. The summed E-state index contributed by atoms with van der Waals surface area (Å²) in [5, 5.41) is 3.25. The van der Waals surface area contributed by atoms with Gasteiger partial charge in [0.05, 0.1) is 6.33 Å². The highest BCUT2D eigenvalue weighted by Crippen LogP contribution is 1.94. The topological polar surface area (TPSA) is 66.5 Å². The predicted octanol–water partition coefficient (Wildman–Crippen LogP) is 0.490. The van der Waals surface area contributed by atoms with Gasteiger partial charge in [-0.05, 0) is 0 Å². The molecule has 0 fully saturated rings. The van der Waals surface area contributed by atoms with Gasteiger partial charge in [0.15, 0.2) is 0 Å². The Bertz CT molecular complexity index is 356. The van der Waals surface area contributed by atoms with Gasteiger partial charge in [0.25, 0.3) is 0 Å². The molecule has 0 aliphatic carbocycles. The predicted molar refractivity (Wildman–Crippen MR) is 51.2 cm³/mol. The first-order valence-electron chi connectivity index (χ1n) is 4.37. The zero-order chi connectivity index (χ0) is 9.64. The molecule has 2 N–H and O–H groups in total. The van der Waals surface area contributed by atoms with E-state index in [-0.39, 0.29) is 0 Å². The monoisotopic (exact) mass is 189 g/mol. The van der Waals surface area contributed by atoms with E-state index in [1.807, 2.05) is 0 Å². The number of rotatable bonds is 4. The van der Waals surface area contributed by atoms with Crippen LogP contribution in [-0.2, 0) is 13.1 Å². The molecule has 0 unspecified atom stereocenters. The first-order chi connectivity index (χ1) is 6.95. The number of aromatic amines is 1. The molecule has 0 aliphatic rings. The third kappa shape index (κ3) is 2.37. The molecule has 0 aromatic carbocycles. The molecule has 2 aromatic heterocycles. The van der Waals surface area contributed by atoms with Crippen molar-refractivity contribution in [2.24, 2.45) is 0 Å². The lowest BCUT2D eigenvalue weighted by molar-refractivity contribution is 0.678. The minimum Gasteiger partial charge on any atom is -0.347 e. The van der Waals surface area contributed by atoms with Crippen molar-refractivity contribution in [1.29, 1.82) is 0 Å². The first kappa shape index (κ1) is 8.83. The fourth-order valence-corrected chi connectivity index (χ4v) is 1.14. The smallest absolute Gasteiger partial charge is 0.115 e. The standard InChI is InChI=1S/C9H11N5/c1(8-2-11-6-12-3-8)10-4-9-5-13-7-14-9/h2-3,5-7,10H,1,4H2,(H,13,14). The Balaban J connectivity index is 1.79. The van der Waals surface area contributed by atoms with Gasteiger partial charge < -0.3 is 10.3 Å². The van der Waals surface area contributed by atoms with E-state index in [4.69, 9.17) is 0 Å². The largest absolute Gasteiger partial charge is 0.347 e. The number of imidazole rings is 1. The molecular formula is C9H11N5. The summed E-state index contributed by atoms with van der Waals surface area (Å²) in [6.45, 7) is 1.54. The molecule has 5 heteroatoms. The quantitative estimate of drug-likeness (QED) is 0.734. The number of aromatic nitrogens is 4. The summed E-state index contributed by atoms with van der Waals surface area (Å²) in [5.41, 5.74) is 2.15. The van der Waals surface area contributed by atoms with Gasteiger partial charge in [-0.2, -0.15) is 0 Å². The molecule has 0 bridgehead atoms. The lowest BCUT2D eigenvalue weighted by Crippen LogP contribution is -2.13. The molecule has 0 aliphatic heterocycles. The summed E-state index contributed by atoms with van der Waals surface area (Å²) in [4.78, 5) is 14.8. The fraction of sp³-hybridized carbons (Fsp3) is 0.222. The Hall–Kier alpha value is -1.75. The molecule has 2 aromatic rings. The van der Waals surface area contributed by atoms with Crippen molar-refractivity contribution < 1.29 is 0 Å². The van der Waals surface area contributed by atoms with Crippen LogP contribution >= 0.6 is 0 Å². The molecular weight excluding hydrogens is 178 g/mol. The van der Waals surface area contributed by atoms with Gasteiger partial charge in [-0.25, -0.2) is 15.0 Å². The lowest BCUT2D eigenvalue weighted by atomic mass is 10.3. The van der Waals surface area contributed by atoms with Crippen LogP contribution in [0.4, 0.5) is 0 Å². The minimum atomic E-state index is 0.764. The Morgan fingerprint density at radius 2 is 1.93 bits per heavy atom. The zero-order valence-electron chi connectivity index (χ0n) is 7.64. The third-order valence-electron chi connectivity index (χ3n) is 1.81. The molecule has 5 nitrogen and oxygen atoms in total. The Morgan fingerprint density at radius 3 is 2.64 bits per heavy atom. The molecule has 0 spiro atoms. The summed E-state index contributed by atoms with van der Waals surface area (Å²) < 4.78 is 0.